The summed E-state index contributed by atoms with van der Waals surface area (Å²) in [6.07, 6.45) is 3.01. The summed E-state index contributed by atoms with van der Waals surface area (Å²) in [4.78, 5) is 11.6. The van der Waals surface area contributed by atoms with Crippen LogP contribution in [0.25, 0.3) is 0 Å². The van der Waals surface area contributed by atoms with Crippen molar-refractivity contribution in [2.75, 3.05) is 33.0 Å². The van der Waals surface area contributed by atoms with Gasteiger partial charge in [-0.1, -0.05) is 20.3 Å². The van der Waals surface area contributed by atoms with Gasteiger partial charge < -0.3 is 14.2 Å². The van der Waals surface area contributed by atoms with Gasteiger partial charge in [0.2, 0.25) is 0 Å². The highest BCUT2D eigenvalue weighted by atomic mass is 16.6. The Morgan fingerprint density at radius 3 is 2.06 bits per heavy atom. The van der Waals surface area contributed by atoms with Gasteiger partial charge in [0, 0.05) is 6.61 Å². The Morgan fingerprint density at radius 2 is 1.50 bits per heavy atom. The van der Waals surface area contributed by atoms with Gasteiger partial charge in [0.15, 0.2) is 0 Å². The van der Waals surface area contributed by atoms with E-state index in [9.17, 15) is 4.79 Å². The van der Waals surface area contributed by atoms with Crippen molar-refractivity contribution >= 4 is 5.97 Å². The quantitative estimate of drug-likeness (QED) is 0.423. The molecule has 0 saturated carbocycles. The first kappa shape index (κ1) is 17.4. The molecule has 4 heteroatoms. The summed E-state index contributed by atoms with van der Waals surface area (Å²) in [5.41, 5.74) is -0.400. The highest BCUT2D eigenvalue weighted by Gasteiger charge is 2.26. The summed E-state index contributed by atoms with van der Waals surface area (Å²) >= 11 is 0. The third kappa shape index (κ3) is 8.48. The largest absolute Gasteiger partial charge is 0.463 e. The van der Waals surface area contributed by atoms with Gasteiger partial charge in [-0.15, -0.1) is 0 Å². The van der Waals surface area contributed by atoms with E-state index in [-0.39, 0.29) is 5.97 Å². The van der Waals surface area contributed by atoms with Gasteiger partial charge >= 0.3 is 5.97 Å². The molecule has 0 rings (SSSR count). The maximum absolute atomic E-state index is 11.6. The van der Waals surface area contributed by atoms with E-state index in [0.717, 1.165) is 25.9 Å². The lowest BCUT2D eigenvalue weighted by Crippen LogP contribution is -2.27. The van der Waals surface area contributed by atoms with Gasteiger partial charge in [-0.25, -0.2) is 0 Å². The molecule has 0 unspecified atom stereocenters. The van der Waals surface area contributed by atoms with Crippen molar-refractivity contribution in [1.29, 1.82) is 0 Å². The van der Waals surface area contributed by atoms with Crippen LogP contribution in [0.5, 0.6) is 0 Å². The number of rotatable bonds is 11. The lowest BCUT2D eigenvalue weighted by atomic mass is 9.91. The van der Waals surface area contributed by atoms with Crippen LogP contribution in [0.1, 0.15) is 47.0 Å². The minimum Gasteiger partial charge on any atom is -0.463 e. The lowest BCUT2D eigenvalue weighted by Gasteiger charge is -2.20. The molecule has 0 spiro atoms. The maximum Gasteiger partial charge on any atom is 0.311 e. The summed E-state index contributed by atoms with van der Waals surface area (Å²) in [6, 6.07) is 0. The molecule has 18 heavy (non-hydrogen) atoms. The van der Waals surface area contributed by atoms with Crippen molar-refractivity contribution in [3.63, 3.8) is 0 Å². The minimum atomic E-state index is -0.400. The molecule has 0 aromatic heterocycles. The number of carbonyl (C=O) groups is 1. The topological polar surface area (TPSA) is 44.8 Å². The number of ether oxygens (including phenoxy) is 3. The van der Waals surface area contributed by atoms with E-state index in [0.29, 0.717) is 26.4 Å². The maximum atomic E-state index is 11.6. The van der Waals surface area contributed by atoms with Crippen molar-refractivity contribution in [2.45, 2.75) is 47.0 Å². The molecule has 0 fully saturated rings. The molecular formula is C14H28O4. The number of hydrogen-bond acceptors (Lipinski definition) is 4. The Bertz CT molecular complexity index is 214. The van der Waals surface area contributed by atoms with Gasteiger partial charge in [0.05, 0.1) is 25.2 Å². The van der Waals surface area contributed by atoms with E-state index in [1.807, 2.05) is 20.8 Å². The molecule has 0 aliphatic carbocycles. The first-order valence-corrected chi connectivity index (χ1v) is 6.87. The molecule has 0 radical (unpaired) electrons. The Kier molecular flexibility index (Phi) is 9.98. The Labute approximate surface area is 111 Å². The predicted octanol–water partition coefficient (Wildman–Crippen LogP) is 2.80. The van der Waals surface area contributed by atoms with Crippen LogP contribution in [0, 0.1) is 5.41 Å². The molecule has 4 nitrogen and oxygen atoms in total. The molecule has 0 saturated heterocycles. The second kappa shape index (κ2) is 10.3. The molecule has 0 atom stereocenters. The summed E-state index contributed by atoms with van der Waals surface area (Å²) in [5.74, 6) is -0.159. The number of carbonyl (C=O) groups excluding carboxylic acids is 1. The monoisotopic (exact) mass is 260 g/mol. The highest BCUT2D eigenvalue weighted by Crippen LogP contribution is 2.21. The fraction of sp³-hybridized carbons (Fsp3) is 0.929. The molecule has 0 bridgehead atoms. The summed E-state index contributed by atoms with van der Waals surface area (Å²) in [5, 5.41) is 0. The second-order valence-electron chi connectivity index (χ2n) is 4.95. The first-order chi connectivity index (χ1) is 8.54. The van der Waals surface area contributed by atoms with Crippen LogP contribution in [0.3, 0.4) is 0 Å². The third-order valence-electron chi connectivity index (χ3n) is 2.91. The number of hydrogen-bond donors (Lipinski definition) is 0. The molecule has 0 aromatic rings. The van der Waals surface area contributed by atoms with E-state index in [1.165, 1.54) is 0 Å². The van der Waals surface area contributed by atoms with E-state index in [2.05, 4.69) is 6.92 Å². The van der Waals surface area contributed by atoms with Crippen LogP contribution < -0.4 is 0 Å². The van der Waals surface area contributed by atoms with Crippen molar-refractivity contribution < 1.29 is 19.0 Å². The van der Waals surface area contributed by atoms with Crippen molar-refractivity contribution in [3.05, 3.63) is 0 Å². The van der Waals surface area contributed by atoms with Crippen LogP contribution in [0.2, 0.25) is 0 Å². The number of esters is 1. The Morgan fingerprint density at radius 1 is 0.944 bits per heavy atom. The van der Waals surface area contributed by atoms with E-state index in [4.69, 9.17) is 14.2 Å². The van der Waals surface area contributed by atoms with Crippen LogP contribution in [0.15, 0.2) is 0 Å². The van der Waals surface area contributed by atoms with Crippen LogP contribution >= 0.6 is 0 Å². The second-order valence-corrected chi connectivity index (χ2v) is 4.95. The van der Waals surface area contributed by atoms with Gasteiger partial charge in [-0.3, -0.25) is 4.79 Å². The summed E-state index contributed by atoms with van der Waals surface area (Å²) in [6.45, 7) is 10.6. The van der Waals surface area contributed by atoms with Crippen LogP contribution in [-0.2, 0) is 19.0 Å². The first-order valence-electron chi connectivity index (χ1n) is 6.87. The van der Waals surface area contributed by atoms with Crippen molar-refractivity contribution in [1.82, 2.24) is 0 Å². The van der Waals surface area contributed by atoms with E-state index >= 15 is 0 Å². The average Bonchev–Trinajstić information content (AvgIpc) is 2.36. The van der Waals surface area contributed by atoms with Gasteiger partial charge in [-0.05, 0) is 26.7 Å². The van der Waals surface area contributed by atoms with Gasteiger partial charge in [-0.2, -0.15) is 0 Å². The summed E-state index contributed by atoms with van der Waals surface area (Å²) < 4.78 is 15.8. The molecule has 0 amide bonds. The van der Waals surface area contributed by atoms with E-state index in [1.54, 1.807) is 0 Å². The Balaban J connectivity index is 3.33. The zero-order chi connectivity index (χ0) is 13.9. The molecule has 0 aromatic carbocycles. The highest BCUT2D eigenvalue weighted by molar-refractivity contribution is 5.75. The van der Waals surface area contributed by atoms with Gasteiger partial charge in [0.1, 0.15) is 6.61 Å². The van der Waals surface area contributed by atoms with E-state index < -0.39 is 5.41 Å². The smallest absolute Gasteiger partial charge is 0.311 e. The van der Waals surface area contributed by atoms with Gasteiger partial charge in [0.25, 0.3) is 0 Å². The number of unbranched alkanes of at least 4 members (excludes halogenated alkanes) is 1. The standard InChI is InChI=1S/C14H28O4/c1-5-7-8-16-9-10-17-11-12-18-13(15)14(3,4)6-2/h5-12H2,1-4H3. The zero-order valence-corrected chi connectivity index (χ0v) is 12.3. The fourth-order valence-electron chi connectivity index (χ4n) is 1.10. The molecule has 0 N–H and O–H groups in total. The fourth-order valence-corrected chi connectivity index (χ4v) is 1.10. The van der Waals surface area contributed by atoms with Crippen LogP contribution in [-0.4, -0.2) is 39.0 Å². The predicted molar refractivity (Wildman–Crippen MR) is 71.6 cm³/mol. The molecule has 0 heterocycles. The van der Waals surface area contributed by atoms with Crippen molar-refractivity contribution in [3.8, 4) is 0 Å². The third-order valence-corrected chi connectivity index (χ3v) is 2.91. The summed E-state index contributed by atoms with van der Waals surface area (Å²) in [7, 11) is 0. The lowest BCUT2D eigenvalue weighted by molar-refractivity contribution is -0.155. The zero-order valence-electron chi connectivity index (χ0n) is 12.3. The molecular weight excluding hydrogens is 232 g/mol. The minimum absolute atomic E-state index is 0.159. The van der Waals surface area contributed by atoms with Crippen molar-refractivity contribution in [2.24, 2.45) is 5.41 Å². The molecule has 108 valence electrons. The normalized spacial score (nSPS) is 11.6. The average molecular weight is 260 g/mol. The SMILES string of the molecule is CCCCOCCOCCOC(=O)C(C)(C)CC. The van der Waals surface area contributed by atoms with Crippen LogP contribution in [0.4, 0.5) is 0 Å². The molecule has 0 aliphatic heterocycles. The molecule has 0 aliphatic rings. The Hall–Kier alpha value is -0.610.